The topological polar surface area (TPSA) is 44.8 Å². The van der Waals surface area contributed by atoms with Crippen molar-refractivity contribution in [3.05, 3.63) is 58.6 Å². The first kappa shape index (κ1) is 20.9. The fourth-order valence-corrected chi connectivity index (χ4v) is 3.40. The lowest BCUT2D eigenvalue weighted by Crippen LogP contribution is -2.53. The third-order valence-corrected chi connectivity index (χ3v) is 5.44. The van der Waals surface area contributed by atoms with Crippen molar-refractivity contribution in [2.24, 2.45) is 0 Å². The first-order valence-corrected chi connectivity index (χ1v) is 10.2. The number of carbonyl (C=O) groups excluding carboxylic acids is 1. The van der Waals surface area contributed by atoms with Crippen LogP contribution in [-0.4, -0.2) is 61.1 Å². The molecular formula is C21H25Cl2N3O2. The number of benzene rings is 2. The highest BCUT2D eigenvalue weighted by molar-refractivity contribution is 6.30. The number of anilines is 1. The lowest BCUT2D eigenvalue weighted by atomic mass is 10.2. The molecule has 5 nitrogen and oxygen atoms in total. The van der Waals surface area contributed by atoms with E-state index in [1.165, 1.54) is 0 Å². The molecule has 0 unspecified atom stereocenters. The van der Waals surface area contributed by atoms with Gasteiger partial charge in [-0.25, -0.2) is 0 Å². The van der Waals surface area contributed by atoms with Gasteiger partial charge in [-0.2, -0.15) is 0 Å². The maximum absolute atomic E-state index is 12.5. The van der Waals surface area contributed by atoms with Crippen molar-refractivity contribution in [1.82, 2.24) is 9.80 Å². The van der Waals surface area contributed by atoms with Crippen molar-refractivity contribution >= 4 is 34.8 Å². The predicted octanol–water partition coefficient (Wildman–Crippen LogP) is 4.02. The molecule has 2 aromatic rings. The number of amides is 1. The standard InChI is InChI=1S/C21H25Cl2N3O2/c1-16(21(27)24-19-6-2-17(22)3-7-19)26-12-10-25(11-13-26)14-15-28-20-8-4-18(23)5-9-20/h2-9,16H,10-15H2,1H3,(H,24,27)/t16-/m0/s1. The molecule has 1 atom stereocenters. The van der Waals surface area contributed by atoms with Crippen LogP contribution in [0.15, 0.2) is 48.5 Å². The third kappa shape index (κ3) is 6.11. The molecule has 7 heteroatoms. The Bertz CT molecular complexity index is 760. The van der Waals surface area contributed by atoms with Crippen molar-refractivity contribution in [2.45, 2.75) is 13.0 Å². The summed E-state index contributed by atoms with van der Waals surface area (Å²) in [7, 11) is 0. The molecule has 0 spiro atoms. The van der Waals surface area contributed by atoms with E-state index in [0.29, 0.717) is 16.7 Å². The van der Waals surface area contributed by atoms with E-state index in [9.17, 15) is 4.79 Å². The molecule has 1 amide bonds. The van der Waals surface area contributed by atoms with E-state index in [1.54, 1.807) is 12.1 Å². The molecule has 0 radical (unpaired) electrons. The molecule has 2 aromatic carbocycles. The zero-order chi connectivity index (χ0) is 19.9. The molecule has 1 heterocycles. The Hall–Kier alpha value is -1.79. The summed E-state index contributed by atoms with van der Waals surface area (Å²) in [5.74, 6) is 0.831. The molecule has 3 rings (SSSR count). The third-order valence-electron chi connectivity index (χ3n) is 4.94. The van der Waals surface area contributed by atoms with Gasteiger partial charge in [0.15, 0.2) is 0 Å². The van der Waals surface area contributed by atoms with E-state index < -0.39 is 0 Å². The second kappa shape index (κ2) is 10.1. The quantitative estimate of drug-likeness (QED) is 0.732. The minimum Gasteiger partial charge on any atom is -0.492 e. The van der Waals surface area contributed by atoms with E-state index >= 15 is 0 Å². The predicted molar refractivity (Wildman–Crippen MR) is 115 cm³/mol. The Morgan fingerprint density at radius 2 is 1.57 bits per heavy atom. The van der Waals surface area contributed by atoms with Gasteiger partial charge in [-0.05, 0) is 55.5 Å². The van der Waals surface area contributed by atoms with Crippen LogP contribution in [0.5, 0.6) is 5.75 Å². The van der Waals surface area contributed by atoms with Gasteiger partial charge < -0.3 is 10.1 Å². The van der Waals surface area contributed by atoms with Gasteiger partial charge in [0.2, 0.25) is 5.91 Å². The first-order chi connectivity index (χ1) is 13.5. The zero-order valence-electron chi connectivity index (χ0n) is 15.9. The average molecular weight is 422 g/mol. The molecule has 0 saturated carbocycles. The van der Waals surface area contributed by atoms with Gasteiger partial charge in [-0.1, -0.05) is 23.2 Å². The highest BCUT2D eigenvalue weighted by Crippen LogP contribution is 2.16. The van der Waals surface area contributed by atoms with Crippen LogP contribution in [0.25, 0.3) is 0 Å². The number of rotatable bonds is 7. The van der Waals surface area contributed by atoms with Gasteiger partial charge in [-0.3, -0.25) is 14.6 Å². The molecule has 1 aliphatic heterocycles. The van der Waals surface area contributed by atoms with Crippen LogP contribution in [-0.2, 0) is 4.79 Å². The van der Waals surface area contributed by atoms with Crippen LogP contribution < -0.4 is 10.1 Å². The summed E-state index contributed by atoms with van der Waals surface area (Å²) < 4.78 is 5.76. The van der Waals surface area contributed by atoms with Crippen molar-refractivity contribution in [3.63, 3.8) is 0 Å². The Balaban J connectivity index is 1.38. The van der Waals surface area contributed by atoms with Crippen LogP contribution in [0.4, 0.5) is 5.69 Å². The summed E-state index contributed by atoms with van der Waals surface area (Å²) >= 11 is 11.8. The number of halogens is 2. The Labute approximate surface area is 176 Å². The number of piperazine rings is 1. The summed E-state index contributed by atoms with van der Waals surface area (Å²) in [5, 5.41) is 4.31. The van der Waals surface area contributed by atoms with Crippen molar-refractivity contribution in [2.75, 3.05) is 44.6 Å². The van der Waals surface area contributed by atoms with E-state index in [-0.39, 0.29) is 11.9 Å². The van der Waals surface area contributed by atoms with Gasteiger partial charge >= 0.3 is 0 Å². The van der Waals surface area contributed by atoms with Crippen LogP contribution in [0, 0.1) is 0 Å². The van der Waals surface area contributed by atoms with Crippen molar-refractivity contribution in [1.29, 1.82) is 0 Å². The van der Waals surface area contributed by atoms with E-state index in [1.807, 2.05) is 43.3 Å². The monoisotopic (exact) mass is 421 g/mol. The summed E-state index contributed by atoms with van der Waals surface area (Å²) in [6, 6.07) is 14.4. The lowest BCUT2D eigenvalue weighted by Gasteiger charge is -2.37. The molecule has 1 saturated heterocycles. The van der Waals surface area contributed by atoms with Crippen LogP contribution in [0.1, 0.15) is 6.92 Å². The summed E-state index contributed by atoms with van der Waals surface area (Å²) in [5.41, 5.74) is 0.763. The smallest absolute Gasteiger partial charge is 0.241 e. The molecule has 0 aliphatic carbocycles. The second-order valence-corrected chi connectivity index (χ2v) is 7.72. The second-order valence-electron chi connectivity index (χ2n) is 6.85. The molecule has 0 bridgehead atoms. The normalized spacial score (nSPS) is 16.5. The van der Waals surface area contributed by atoms with Crippen molar-refractivity contribution in [3.8, 4) is 5.75 Å². The Morgan fingerprint density at radius 1 is 1.00 bits per heavy atom. The fourth-order valence-electron chi connectivity index (χ4n) is 3.14. The van der Waals surface area contributed by atoms with Crippen LogP contribution >= 0.6 is 23.2 Å². The van der Waals surface area contributed by atoms with Gasteiger partial charge in [0.25, 0.3) is 0 Å². The summed E-state index contributed by atoms with van der Waals surface area (Å²) in [4.78, 5) is 17.1. The maximum atomic E-state index is 12.5. The van der Waals surface area contributed by atoms with Gasteiger partial charge in [0.1, 0.15) is 12.4 Å². The number of nitrogens with zero attached hydrogens (tertiary/aromatic N) is 2. The molecule has 1 aliphatic rings. The minimum atomic E-state index is -0.178. The molecule has 1 N–H and O–H groups in total. The first-order valence-electron chi connectivity index (χ1n) is 9.42. The highest BCUT2D eigenvalue weighted by atomic mass is 35.5. The minimum absolute atomic E-state index is 0.00171. The Morgan fingerprint density at radius 3 is 2.18 bits per heavy atom. The number of nitrogens with one attached hydrogen (secondary N) is 1. The lowest BCUT2D eigenvalue weighted by molar-refractivity contribution is -0.121. The van der Waals surface area contributed by atoms with E-state index in [0.717, 1.165) is 44.2 Å². The van der Waals surface area contributed by atoms with Crippen LogP contribution in [0.3, 0.4) is 0 Å². The fraction of sp³-hybridized carbons (Fsp3) is 0.381. The molecular weight excluding hydrogens is 397 g/mol. The van der Waals surface area contributed by atoms with Gasteiger partial charge in [-0.15, -0.1) is 0 Å². The number of hydrogen-bond acceptors (Lipinski definition) is 4. The Kier molecular flexibility index (Phi) is 7.57. The molecule has 28 heavy (non-hydrogen) atoms. The van der Waals surface area contributed by atoms with Gasteiger partial charge in [0, 0.05) is 48.5 Å². The van der Waals surface area contributed by atoms with Gasteiger partial charge in [0.05, 0.1) is 6.04 Å². The number of ether oxygens (including phenoxy) is 1. The SMILES string of the molecule is C[C@@H](C(=O)Nc1ccc(Cl)cc1)N1CCN(CCOc2ccc(Cl)cc2)CC1. The molecule has 0 aromatic heterocycles. The maximum Gasteiger partial charge on any atom is 0.241 e. The zero-order valence-corrected chi connectivity index (χ0v) is 17.4. The van der Waals surface area contributed by atoms with Crippen molar-refractivity contribution < 1.29 is 9.53 Å². The van der Waals surface area contributed by atoms with Crippen LogP contribution in [0.2, 0.25) is 10.0 Å². The number of hydrogen-bond donors (Lipinski definition) is 1. The molecule has 1 fully saturated rings. The average Bonchev–Trinajstić information content (AvgIpc) is 2.71. The summed E-state index contributed by atoms with van der Waals surface area (Å²) in [6.07, 6.45) is 0. The molecule has 150 valence electrons. The largest absolute Gasteiger partial charge is 0.492 e. The highest BCUT2D eigenvalue weighted by Gasteiger charge is 2.25. The number of carbonyl (C=O) groups is 1. The van der Waals surface area contributed by atoms with E-state index in [2.05, 4.69) is 15.1 Å². The van der Waals surface area contributed by atoms with E-state index in [4.69, 9.17) is 27.9 Å². The summed E-state index contributed by atoms with van der Waals surface area (Å²) in [6.45, 7) is 7.00.